The molecule has 0 aliphatic rings. The van der Waals surface area contributed by atoms with Crippen molar-refractivity contribution in [3.8, 4) is 0 Å². The van der Waals surface area contributed by atoms with E-state index in [9.17, 15) is 0 Å². The molecule has 0 N–H and O–H groups in total. The van der Waals surface area contributed by atoms with Crippen molar-refractivity contribution in [3.63, 3.8) is 0 Å². The lowest BCUT2D eigenvalue weighted by atomic mass is 11.2. The molecule has 0 aliphatic carbocycles. The number of hydrogen-bond acceptors (Lipinski definition) is 0. The average molecular weight is 196 g/mol. The van der Waals surface area contributed by atoms with E-state index in [1.165, 1.54) is 0 Å². The van der Waals surface area contributed by atoms with Crippen molar-refractivity contribution in [3.05, 3.63) is 8.98 Å². The Hall–Kier alpha value is 1.43. The summed E-state index contributed by atoms with van der Waals surface area (Å²) >= 11 is 20.0. The molecule has 0 aromatic carbocycles. The number of rotatable bonds is 0. The molecule has 0 atom stereocenters. The molecule has 0 amide bonds. The summed E-state index contributed by atoms with van der Waals surface area (Å²) in [5.41, 5.74) is 0. The predicted molar refractivity (Wildman–Crippen MR) is 40.4 cm³/mol. The summed E-state index contributed by atoms with van der Waals surface area (Å²) in [4.78, 5) is 0. The van der Waals surface area contributed by atoms with Crippen LogP contribution < -0.4 is 0 Å². The van der Waals surface area contributed by atoms with Gasteiger partial charge in [0.05, 0.1) is 0 Å². The normalized spacial score (nSPS) is 6.86. The van der Waals surface area contributed by atoms with Crippen LogP contribution in [0.4, 0.5) is 0 Å². The zero-order valence-electron chi connectivity index (χ0n) is 2.51. The van der Waals surface area contributed by atoms with Crippen LogP contribution in [0.3, 0.4) is 0 Å². The predicted octanol–water partition coefficient (Wildman–Crippen LogP) is 1.88. The summed E-state index contributed by atoms with van der Waals surface area (Å²) in [6.45, 7) is 0. The van der Waals surface area contributed by atoms with Gasteiger partial charge in [-0.25, -0.2) is 0 Å². The van der Waals surface area contributed by atoms with Crippen LogP contribution in [0.1, 0.15) is 0 Å². The van der Waals surface area contributed by atoms with Crippen LogP contribution in [0.15, 0.2) is 8.98 Å². The largest absolute Gasteiger partial charge is 0.187 e. The first-order chi connectivity index (χ1) is 2.64. The van der Waals surface area contributed by atoms with Gasteiger partial charge >= 0.3 is 0 Å². The molecule has 0 heterocycles. The average Bonchev–Trinajstić information content (AvgIpc) is 1.36. The zero-order chi connectivity index (χ0) is 5.15. The maximum absolute atomic E-state index is 4.99. The quantitative estimate of drug-likeness (QED) is 0.518. The van der Waals surface area contributed by atoms with Crippen molar-refractivity contribution in [2.75, 3.05) is 0 Å². The van der Waals surface area contributed by atoms with Gasteiger partial charge in [-0.05, 0) is 0 Å². The second kappa shape index (κ2) is 5.57. The van der Waals surface area contributed by atoms with Gasteiger partial charge in [0.15, 0.2) is 17.4 Å². The van der Waals surface area contributed by atoms with Crippen LogP contribution in [0.25, 0.3) is 0 Å². The summed E-state index contributed by atoms with van der Waals surface area (Å²) in [5.74, 6) is 0. The number of hydrogen-bond donors (Lipinski definition) is 0. The Labute approximate surface area is 72.5 Å². The molecule has 7 heavy (non-hydrogen) atoms. The molecule has 0 saturated heterocycles. The summed E-state index contributed by atoms with van der Waals surface area (Å²) < 4.78 is -0.198. The minimum absolute atomic E-state index is 0. The Balaban J connectivity index is 0. The lowest BCUT2D eigenvalue weighted by Gasteiger charge is -1.75. The zero-order valence-corrected chi connectivity index (χ0v) is 5.54. The van der Waals surface area contributed by atoms with Crippen LogP contribution in [-0.4, -0.2) is 17.4 Å². The van der Waals surface area contributed by atoms with Crippen molar-refractivity contribution in [1.82, 2.24) is 0 Å². The van der Waals surface area contributed by atoms with Gasteiger partial charge in [0.2, 0.25) is 0 Å². The smallest absolute Gasteiger partial charge is 0.0682 e. The third-order valence-electron chi connectivity index (χ3n) is 0.143. The molecule has 0 unspecified atom stereocenters. The molecule has 0 rings (SSSR count). The molecule has 0 bridgehead atoms. The summed E-state index contributed by atoms with van der Waals surface area (Å²) in [6.07, 6.45) is 0. The molecule has 0 spiro atoms. The van der Waals surface area contributed by atoms with Gasteiger partial charge in [-0.2, -0.15) is 0 Å². The van der Waals surface area contributed by atoms with Gasteiger partial charge in [0.1, 0.15) is 8.98 Å². The molecular weight excluding hydrogens is 193 g/mol. The fourth-order valence-corrected chi connectivity index (χ4v) is 0. The highest BCUT2D eigenvalue weighted by atomic mass is 35.5. The second-order valence-corrected chi connectivity index (χ2v) is 2.42. The fourth-order valence-electron chi connectivity index (χ4n) is 0. The Bertz CT molecular complexity index is 59.8. The highest BCUT2D eigenvalue weighted by molar-refractivity contribution is 6.67. The highest BCUT2D eigenvalue weighted by Gasteiger charge is 1.88. The van der Waals surface area contributed by atoms with Gasteiger partial charge in [-0.15, -0.1) is 0 Å². The third-order valence-corrected chi connectivity index (χ3v) is 1.29. The van der Waals surface area contributed by atoms with Gasteiger partial charge in [-0.3, -0.25) is 0 Å². The van der Waals surface area contributed by atoms with Crippen molar-refractivity contribution in [2.24, 2.45) is 0 Å². The maximum atomic E-state index is 4.99. The van der Waals surface area contributed by atoms with Gasteiger partial charge in [-0.1, -0.05) is 46.4 Å². The molecule has 5 heteroatoms. The van der Waals surface area contributed by atoms with Crippen LogP contribution in [-0.2, 0) is 0 Å². The van der Waals surface area contributed by atoms with E-state index in [0.29, 0.717) is 0 Å². The van der Waals surface area contributed by atoms with Crippen LogP contribution in [0, 0.1) is 0 Å². The minimum atomic E-state index is -0.0988. The van der Waals surface area contributed by atoms with E-state index in [-0.39, 0.29) is 26.3 Å². The van der Waals surface area contributed by atoms with E-state index in [0.717, 1.165) is 0 Å². The minimum Gasteiger partial charge on any atom is -0.0682 e. The Morgan fingerprint density at radius 3 is 0.857 bits per heavy atom. The van der Waals surface area contributed by atoms with E-state index < -0.39 is 0 Å². The molecule has 0 radical (unpaired) electrons. The first kappa shape index (κ1) is 11.3. The van der Waals surface area contributed by atoms with Gasteiger partial charge in [0.25, 0.3) is 0 Å². The maximum Gasteiger partial charge on any atom is 0.187 e. The van der Waals surface area contributed by atoms with Crippen LogP contribution >= 0.6 is 46.4 Å². The van der Waals surface area contributed by atoms with Crippen LogP contribution in [0.2, 0.25) is 0 Å². The Kier molecular flexibility index (Phi) is 8.95. The van der Waals surface area contributed by atoms with E-state index >= 15 is 0 Å². The lowest BCUT2D eigenvalue weighted by Crippen LogP contribution is -1.47. The van der Waals surface area contributed by atoms with E-state index in [2.05, 4.69) is 0 Å². The first-order valence-corrected chi connectivity index (χ1v) is 2.52. The van der Waals surface area contributed by atoms with E-state index in [1.54, 1.807) is 0 Å². The molecule has 0 fully saturated rings. The first-order valence-electron chi connectivity index (χ1n) is 1.01. The Morgan fingerprint density at radius 1 is 0.714 bits per heavy atom. The lowest BCUT2D eigenvalue weighted by molar-refractivity contribution is 2.25. The third kappa shape index (κ3) is 7.43. The van der Waals surface area contributed by atoms with Crippen molar-refractivity contribution >= 4 is 63.8 Å². The summed E-state index contributed by atoms with van der Waals surface area (Å²) in [6, 6.07) is 0. The molecular formula is C2H3AlCl4. The monoisotopic (exact) mass is 194 g/mol. The van der Waals surface area contributed by atoms with Gasteiger partial charge < -0.3 is 0 Å². The Morgan fingerprint density at radius 2 is 0.857 bits per heavy atom. The van der Waals surface area contributed by atoms with E-state index in [4.69, 9.17) is 46.4 Å². The molecule has 0 nitrogen and oxygen atoms in total. The summed E-state index contributed by atoms with van der Waals surface area (Å²) in [7, 11) is 0. The second-order valence-electron chi connectivity index (χ2n) is 0.521. The van der Waals surface area contributed by atoms with Crippen LogP contribution in [0.5, 0.6) is 0 Å². The van der Waals surface area contributed by atoms with Crippen molar-refractivity contribution < 1.29 is 0 Å². The topological polar surface area (TPSA) is 0 Å². The molecule has 0 aliphatic heterocycles. The van der Waals surface area contributed by atoms with Gasteiger partial charge in [0, 0.05) is 0 Å². The van der Waals surface area contributed by atoms with E-state index in [1.807, 2.05) is 0 Å². The highest BCUT2D eigenvalue weighted by Crippen LogP contribution is 2.20. The summed E-state index contributed by atoms with van der Waals surface area (Å²) in [5, 5.41) is 0. The van der Waals surface area contributed by atoms with Crippen molar-refractivity contribution in [1.29, 1.82) is 0 Å². The molecule has 42 valence electrons. The molecule has 0 aromatic heterocycles. The molecule has 0 aromatic rings. The standard InChI is InChI=1S/C2Cl4.Al.3H/c3-1(4)2(5)6;;;;. The fraction of sp³-hybridized carbons (Fsp3) is 0. The van der Waals surface area contributed by atoms with Crippen molar-refractivity contribution in [2.45, 2.75) is 0 Å². The molecule has 0 saturated carbocycles. The SMILES string of the molecule is ClC(Cl)=C(Cl)Cl.[AlH3]. The number of halogens is 4.